The highest BCUT2D eigenvalue weighted by atomic mass is 35.5. The molecule has 0 radical (unpaired) electrons. The molecule has 29 heavy (non-hydrogen) atoms. The molecule has 0 bridgehead atoms. The highest BCUT2D eigenvalue weighted by Gasteiger charge is 2.43. The van der Waals surface area contributed by atoms with Gasteiger partial charge in [0, 0.05) is 17.3 Å². The quantitative estimate of drug-likeness (QED) is 0.556. The van der Waals surface area contributed by atoms with E-state index >= 15 is 0 Å². The van der Waals surface area contributed by atoms with Crippen LogP contribution in [0.15, 0.2) is 36.4 Å². The standard InChI is InChI=1S/C23H26ClN3O2/c1-26(2)11-9-23(7-8-23)16-5-3-4-15(12-16)6-10-27-21(28)18-13-17(24)14-19(25)20(18)22(27)29/h3-5,12-14H,6-11,25H2,1-2H3. The molecule has 0 aromatic heterocycles. The molecule has 2 amide bonds. The number of nitrogens with zero attached hydrogens (tertiary/aromatic N) is 2. The first-order valence-electron chi connectivity index (χ1n) is 10.0. The van der Waals surface area contributed by atoms with E-state index in [0.717, 1.165) is 18.5 Å². The van der Waals surface area contributed by atoms with Gasteiger partial charge in [0.1, 0.15) is 0 Å². The molecule has 2 N–H and O–H groups in total. The van der Waals surface area contributed by atoms with Crippen molar-refractivity contribution in [2.75, 3.05) is 32.9 Å². The lowest BCUT2D eigenvalue weighted by Gasteiger charge is -2.20. The first kappa shape index (κ1) is 19.9. The zero-order valence-electron chi connectivity index (χ0n) is 16.9. The summed E-state index contributed by atoms with van der Waals surface area (Å²) in [7, 11) is 4.21. The Morgan fingerprint density at radius 3 is 2.59 bits per heavy atom. The zero-order valence-corrected chi connectivity index (χ0v) is 17.6. The van der Waals surface area contributed by atoms with Crippen LogP contribution in [-0.4, -0.2) is 48.8 Å². The summed E-state index contributed by atoms with van der Waals surface area (Å²) < 4.78 is 0. The summed E-state index contributed by atoms with van der Waals surface area (Å²) in [5.74, 6) is -0.653. The van der Waals surface area contributed by atoms with Crippen LogP contribution in [0.3, 0.4) is 0 Å². The van der Waals surface area contributed by atoms with Gasteiger partial charge in [-0.05, 0) is 75.0 Å². The van der Waals surface area contributed by atoms with E-state index in [9.17, 15) is 9.59 Å². The molecule has 1 aliphatic heterocycles. The molecular weight excluding hydrogens is 386 g/mol. The molecule has 152 valence electrons. The van der Waals surface area contributed by atoms with Gasteiger partial charge in [-0.25, -0.2) is 0 Å². The first-order chi connectivity index (χ1) is 13.8. The molecule has 1 saturated carbocycles. The maximum atomic E-state index is 12.7. The number of rotatable bonds is 7. The Balaban J connectivity index is 1.47. The monoisotopic (exact) mass is 411 g/mol. The lowest BCUT2D eigenvalue weighted by atomic mass is 9.90. The summed E-state index contributed by atoms with van der Waals surface area (Å²) in [5.41, 5.74) is 9.56. The molecule has 4 rings (SSSR count). The second-order valence-corrected chi connectivity index (χ2v) is 8.90. The molecule has 0 unspecified atom stereocenters. The van der Waals surface area contributed by atoms with Crippen LogP contribution >= 0.6 is 11.6 Å². The molecule has 2 aromatic carbocycles. The van der Waals surface area contributed by atoms with Crippen molar-refractivity contribution in [2.24, 2.45) is 0 Å². The van der Waals surface area contributed by atoms with E-state index in [-0.39, 0.29) is 23.1 Å². The van der Waals surface area contributed by atoms with Gasteiger partial charge >= 0.3 is 0 Å². The number of imide groups is 1. The van der Waals surface area contributed by atoms with Crippen molar-refractivity contribution in [3.63, 3.8) is 0 Å². The van der Waals surface area contributed by atoms with Gasteiger partial charge in [-0.2, -0.15) is 0 Å². The van der Waals surface area contributed by atoms with Gasteiger partial charge in [-0.3, -0.25) is 14.5 Å². The minimum absolute atomic E-state index is 0.256. The van der Waals surface area contributed by atoms with Crippen LogP contribution in [0.5, 0.6) is 0 Å². The molecular formula is C23H26ClN3O2. The average Bonchev–Trinajstić information content (AvgIpc) is 3.42. The molecule has 1 fully saturated rings. The fourth-order valence-electron chi connectivity index (χ4n) is 4.18. The van der Waals surface area contributed by atoms with Crippen molar-refractivity contribution in [3.05, 3.63) is 63.7 Å². The molecule has 5 nitrogen and oxygen atoms in total. The minimum Gasteiger partial charge on any atom is -0.398 e. The Bertz CT molecular complexity index is 982. The molecule has 2 aliphatic rings. The summed E-state index contributed by atoms with van der Waals surface area (Å²) in [6.07, 6.45) is 4.23. The van der Waals surface area contributed by atoms with E-state index in [2.05, 4.69) is 43.3 Å². The number of hydrogen-bond acceptors (Lipinski definition) is 4. The molecule has 0 spiro atoms. The van der Waals surface area contributed by atoms with Crippen LogP contribution in [0.4, 0.5) is 5.69 Å². The maximum absolute atomic E-state index is 12.7. The van der Waals surface area contributed by atoms with E-state index in [1.807, 2.05) is 0 Å². The fraction of sp³-hybridized carbons (Fsp3) is 0.391. The zero-order chi connectivity index (χ0) is 20.8. The predicted molar refractivity (Wildman–Crippen MR) is 115 cm³/mol. The predicted octanol–water partition coefficient (Wildman–Crippen LogP) is 3.74. The van der Waals surface area contributed by atoms with Crippen molar-refractivity contribution in [2.45, 2.75) is 31.1 Å². The number of fused-ring (bicyclic) bond motifs is 1. The van der Waals surface area contributed by atoms with Gasteiger partial charge in [0.15, 0.2) is 0 Å². The molecule has 6 heteroatoms. The SMILES string of the molecule is CN(C)CCC1(c2cccc(CCN3C(=O)c4cc(Cl)cc(N)c4C3=O)c2)CC1. The Kier molecular flexibility index (Phi) is 5.13. The number of amides is 2. The van der Waals surface area contributed by atoms with Gasteiger partial charge in [-0.15, -0.1) is 0 Å². The smallest absolute Gasteiger partial charge is 0.263 e. The van der Waals surface area contributed by atoms with Gasteiger partial charge in [-0.1, -0.05) is 35.9 Å². The summed E-state index contributed by atoms with van der Waals surface area (Å²) in [6, 6.07) is 11.6. The third-order valence-electron chi connectivity index (χ3n) is 6.12. The number of nitrogen functional groups attached to an aromatic ring is 1. The minimum atomic E-state index is -0.333. The van der Waals surface area contributed by atoms with Crippen molar-refractivity contribution >= 4 is 29.1 Å². The van der Waals surface area contributed by atoms with Crippen LogP contribution in [-0.2, 0) is 11.8 Å². The van der Waals surface area contributed by atoms with E-state index in [1.54, 1.807) is 0 Å². The Labute approximate surface area is 176 Å². The first-order valence-corrected chi connectivity index (χ1v) is 10.4. The number of carbonyl (C=O) groups is 2. The van der Waals surface area contributed by atoms with Crippen LogP contribution in [0.2, 0.25) is 5.02 Å². The van der Waals surface area contributed by atoms with E-state index < -0.39 is 0 Å². The van der Waals surface area contributed by atoms with Gasteiger partial charge in [0.25, 0.3) is 11.8 Å². The van der Waals surface area contributed by atoms with Crippen molar-refractivity contribution < 1.29 is 9.59 Å². The van der Waals surface area contributed by atoms with Crippen LogP contribution < -0.4 is 5.73 Å². The summed E-state index contributed by atoms with van der Waals surface area (Å²) in [6.45, 7) is 1.40. The third kappa shape index (κ3) is 3.77. The second kappa shape index (κ2) is 7.47. The maximum Gasteiger partial charge on any atom is 0.263 e. The van der Waals surface area contributed by atoms with E-state index in [4.69, 9.17) is 17.3 Å². The average molecular weight is 412 g/mol. The molecule has 1 heterocycles. The largest absolute Gasteiger partial charge is 0.398 e. The lowest BCUT2D eigenvalue weighted by molar-refractivity contribution is 0.0656. The molecule has 0 atom stereocenters. The number of anilines is 1. The Morgan fingerprint density at radius 2 is 1.90 bits per heavy atom. The van der Waals surface area contributed by atoms with E-state index in [1.165, 1.54) is 35.4 Å². The highest BCUT2D eigenvalue weighted by Crippen LogP contribution is 2.51. The van der Waals surface area contributed by atoms with Crippen molar-refractivity contribution in [1.29, 1.82) is 0 Å². The van der Waals surface area contributed by atoms with Gasteiger partial charge in [0.2, 0.25) is 0 Å². The fourth-order valence-corrected chi connectivity index (χ4v) is 4.41. The third-order valence-corrected chi connectivity index (χ3v) is 6.34. The molecule has 1 aliphatic carbocycles. The Morgan fingerprint density at radius 1 is 1.14 bits per heavy atom. The van der Waals surface area contributed by atoms with E-state index in [0.29, 0.717) is 29.0 Å². The topological polar surface area (TPSA) is 66.6 Å². The summed E-state index contributed by atoms with van der Waals surface area (Å²) >= 11 is 6.01. The lowest BCUT2D eigenvalue weighted by Crippen LogP contribution is -2.31. The van der Waals surface area contributed by atoms with Gasteiger partial charge < -0.3 is 10.6 Å². The summed E-state index contributed by atoms with van der Waals surface area (Å²) in [5, 5.41) is 0.365. The van der Waals surface area contributed by atoms with Crippen LogP contribution in [0, 0.1) is 0 Å². The van der Waals surface area contributed by atoms with Crippen molar-refractivity contribution in [3.8, 4) is 0 Å². The normalized spacial score (nSPS) is 17.2. The number of benzene rings is 2. The second-order valence-electron chi connectivity index (χ2n) is 8.46. The van der Waals surface area contributed by atoms with Crippen molar-refractivity contribution in [1.82, 2.24) is 9.80 Å². The number of halogens is 1. The highest BCUT2D eigenvalue weighted by molar-refractivity contribution is 6.33. The molecule has 0 saturated heterocycles. The number of carbonyl (C=O) groups excluding carboxylic acids is 2. The van der Waals surface area contributed by atoms with Crippen LogP contribution in [0.25, 0.3) is 0 Å². The molecule has 2 aromatic rings. The van der Waals surface area contributed by atoms with Crippen LogP contribution in [0.1, 0.15) is 51.1 Å². The summed E-state index contributed by atoms with van der Waals surface area (Å²) in [4.78, 5) is 28.9. The Hall–Kier alpha value is -2.37. The van der Waals surface area contributed by atoms with Gasteiger partial charge in [0.05, 0.1) is 11.1 Å². The number of nitrogens with two attached hydrogens (primary N) is 1. The number of hydrogen-bond donors (Lipinski definition) is 1.